The van der Waals surface area contributed by atoms with Crippen LogP contribution in [0.25, 0.3) is 44.8 Å². The molecule has 6 aromatic heterocycles. The second-order valence-corrected chi connectivity index (χ2v) is 59.5. The molecule has 4 saturated carbocycles. The van der Waals surface area contributed by atoms with Gasteiger partial charge in [-0.3, -0.25) is 4.98 Å². The molecule has 2 aromatic carbocycles. The van der Waals surface area contributed by atoms with Crippen LogP contribution in [0.4, 0.5) is 29.2 Å². The lowest BCUT2D eigenvalue weighted by molar-refractivity contribution is 0.00578. The Morgan fingerprint density at radius 3 is 1.18 bits per heavy atom. The largest absolute Gasteiger partial charge is 0.500 e. The molecule has 5 aliphatic rings. The highest BCUT2D eigenvalue weighted by atomic mass is 79.9. The molecule has 8 aromatic rings. The summed E-state index contributed by atoms with van der Waals surface area (Å²) in [7, 11) is -5.89. The van der Waals surface area contributed by atoms with Crippen molar-refractivity contribution in [2.75, 3.05) is 63.2 Å². The number of anilines is 2. The summed E-state index contributed by atoms with van der Waals surface area (Å²) in [6, 6.07) is 24.1. The number of halogens is 5. The molecule has 5 fully saturated rings. The Hall–Kier alpha value is -5.53. The minimum Gasteiger partial charge on any atom is -0.399 e. The number of benzene rings is 2. The van der Waals surface area contributed by atoms with Crippen molar-refractivity contribution >= 4 is 83.7 Å². The first-order valence-corrected chi connectivity index (χ1v) is 54.1. The smallest absolute Gasteiger partial charge is 0.399 e. The Labute approximate surface area is 639 Å². The standard InChI is InChI=1S/C37H51F2N5O2Si2.C31H48BrN5O2Si2.C12H15BF2O2/c1-47(2,3)16-14-45-24-43(25-46-15-17-48(4,5)6)35-21-34(29-19-26-10-11-27(18-26)20-29)42-37-30(23-41-44(35)37)28-12-13-33(40-22-28)36-31(38)8-7-9-32(36)39;1-40(2,3)13-11-38-21-36(22-39-12-14-41(4,5)6)30-18-28(26-16-23-7-8-24(15-23)17-26)35-31-27(20-34-37(30)31)25-9-10-29(32)33-19-25;1-11(2)12(3,4)17-13(16-11)10-8(14)6-5-7-9(10)15/h7-9,12-13,21-23,26-27,29H,10-11,14-20,24-25H2,1-6H3;9-10,18-20,23-24,26H,7-8,11-17,21-22H2,1-6H3;5-7H,1-4H3. The predicted molar refractivity (Wildman–Crippen MR) is 434 cm³/mol. The zero-order valence-electron chi connectivity index (χ0n) is 65.6. The van der Waals surface area contributed by atoms with Gasteiger partial charge in [-0.1, -0.05) is 122 Å². The van der Waals surface area contributed by atoms with Gasteiger partial charge in [0.25, 0.3) is 0 Å². The van der Waals surface area contributed by atoms with Gasteiger partial charge in [0.1, 0.15) is 66.4 Å². The Morgan fingerprint density at radius 2 is 0.840 bits per heavy atom. The van der Waals surface area contributed by atoms with Gasteiger partial charge in [0.05, 0.1) is 40.3 Å². The highest BCUT2D eigenvalue weighted by Gasteiger charge is 2.53. The quantitative estimate of drug-likeness (QED) is 0.0151. The van der Waals surface area contributed by atoms with Crippen molar-refractivity contribution in [2.24, 2.45) is 23.7 Å². The normalized spacial score (nSPS) is 20.6. The van der Waals surface area contributed by atoms with E-state index in [4.69, 9.17) is 48.4 Å². The van der Waals surface area contributed by atoms with E-state index in [1.54, 1.807) is 12.3 Å². The van der Waals surface area contributed by atoms with Gasteiger partial charge in [0, 0.05) is 129 Å². The fourth-order valence-corrected chi connectivity index (χ4v) is 18.2. The fourth-order valence-electron chi connectivity index (χ4n) is 14.9. The molecule has 7 heterocycles. The van der Waals surface area contributed by atoms with Crippen molar-refractivity contribution < 1.29 is 45.8 Å². The molecule has 4 bridgehead atoms. The molecule has 1 aliphatic heterocycles. The highest BCUT2D eigenvalue weighted by Crippen LogP contribution is 2.50. The predicted octanol–water partition coefficient (Wildman–Crippen LogP) is 20.0. The fraction of sp³-hybridized carbons (Fsp3) is 0.575. The van der Waals surface area contributed by atoms with E-state index in [0.29, 0.717) is 52.0 Å². The summed E-state index contributed by atoms with van der Waals surface area (Å²) >= 11 is 3.48. The molecule has 4 unspecified atom stereocenters. The van der Waals surface area contributed by atoms with E-state index in [0.717, 1.165) is 129 Å². The molecule has 13 rings (SSSR count). The number of aromatic nitrogens is 8. The van der Waals surface area contributed by atoms with Crippen LogP contribution in [0.5, 0.6) is 0 Å². The van der Waals surface area contributed by atoms with E-state index in [1.165, 1.54) is 93.5 Å². The molecule has 106 heavy (non-hydrogen) atoms. The molecule has 16 nitrogen and oxygen atoms in total. The zero-order chi connectivity index (χ0) is 76.1. The average molecular weight is 1590 g/mol. The van der Waals surface area contributed by atoms with Gasteiger partial charge in [0.15, 0.2) is 11.3 Å². The van der Waals surface area contributed by atoms with Crippen molar-refractivity contribution in [1.29, 1.82) is 0 Å². The van der Waals surface area contributed by atoms with E-state index >= 15 is 0 Å². The second kappa shape index (κ2) is 34.4. The van der Waals surface area contributed by atoms with Gasteiger partial charge in [0.2, 0.25) is 0 Å². The van der Waals surface area contributed by atoms with Gasteiger partial charge in [-0.25, -0.2) is 32.5 Å². The number of rotatable bonds is 28. The minimum atomic E-state index is -1.25. The molecule has 0 spiro atoms. The summed E-state index contributed by atoms with van der Waals surface area (Å²) in [5, 5.41) is 9.73. The summed E-state index contributed by atoms with van der Waals surface area (Å²) in [6.45, 7) is 40.6. The Bertz CT molecular complexity index is 4120. The molecule has 574 valence electrons. The van der Waals surface area contributed by atoms with Crippen molar-refractivity contribution in [3.8, 4) is 33.5 Å². The van der Waals surface area contributed by atoms with Crippen LogP contribution in [0.2, 0.25) is 103 Å². The van der Waals surface area contributed by atoms with Crippen LogP contribution < -0.4 is 15.3 Å². The second-order valence-electron chi connectivity index (χ2n) is 36.2. The first-order valence-electron chi connectivity index (χ1n) is 38.4. The van der Waals surface area contributed by atoms with E-state index in [2.05, 4.69) is 132 Å². The van der Waals surface area contributed by atoms with Gasteiger partial charge in [-0.2, -0.15) is 19.2 Å². The van der Waals surface area contributed by atoms with E-state index in [-0.39, 0.29) is 16.7 Å². The molecule has 0 amide bonds. The molecule has 0 radical (unpaired) electrons. The number of fused-ring (bicyclic) bond motifs is 6. The van der Waals surface area contributed by atoms with Crippen LogP contribution in [0.1, 0.15) is 115 Å². The monoisotopic (exact) mass is 1590 g/mol. The maximum absolute atomic E-state index is 14.5. The van der Waals surface area contributed by atoms with Crippen LogP contribution in [0.15, 0.2) is 102 Å². The SMILES string of the molecule is CC1(C)OB(c2c(F)cccc2F)OC1(C)C.C[Si](C)(C)CCOCN(COCC[Si](C)(C)C)c1cc(C2CC3CCC(C3)C2)nc2c(-c3ccc(-c4c(F)cccc4F)nc3)cnn12.C[Si](C)(C)CCOCN(COCC[Si](C)(C)C)c1cc(C2CC3CCC(C3)C2)nc2c(-c3ccc(Br)nc3)cnn12. The molecule has 4 atom stereocenters. The molecular weight excluding hydrogens is 1480 g/mol. The van der Waals surface area contributed by atoms with Gasteiger partial charge in [-0.15, -0.1) is 0 Å². The maximum atomic E-state index is 14.5. The third-order valence-electron chi connectivity index (χ3n) is 22.0. The van der Waals surface area contributed by atoms with Gasteiger partial charge >= 0.3 is 7.12 Å². The average Bonchev–Trinajstić information content (AvgIpc) is 1.58. The van der Waals surface area contributed by atoms with Crippen molar-refractivity contribution in [3.63, 3.8) is 0 Å². The number of hydrogen-bond donors (Lipinski definition) is 0. The summed E-state index contributed by atoms with van der Waals surface area (Å²) in [6.07, 6.45) is 20.2. The number of nitrogens with zero attached hydrogens (tertiary/aromatic N) is 10. The third-order valence-corrected chi connectivity index (χ3v) is 29.3. The summed E-state index contributed by atoms with van der Waals surface area (Å²) in [5.41, 5.74) is 6.27. The van der Waals surface area contributed by atoms with Crippen molar-refractivity contribution in [3.05, 3.63) is 137 Å². The van der Waals surface area contributed by atoms with Crippen LogP contribution in [-0.2, 0) is 28.3 Å². The van der Waals surface area contributed by atoms with E-state index in [1.807, 2.05) is 67.4 Å². The number of hydrogen-bond acceptors (Lipinski definition) is 14. The summed E-state index contributed by atoms with van der Waals surface area (Å²) in [4.78, 5) is 24.0. The molecule has 4 aliphatic carbocycles. The third kappa shape index (κ3) is 21.3. The van der Waals surface area contributed by atoms with Crippen LogP contribution in [-0.4, -0.2) is 143 Å². The first-order chi connectivity index (χ1) is 50.0. The summed E-state index contributed by atoms with van der Waals surface area (Å²) < 4.78 is 97.5. The number of pyridine rings is 2. The lowest BCUT2D eigenvalue weighted by Gasteiger charge is -2.32. The van der Waals surface area contributed by atoms with Crippen molar-refractivity contribution in [2.45, 2.75) is 218 Å². The van der Waals surface area contributed by atoms with Crippen LogP contribution in [0.3, 0.4) is 0 Å². The molecule has 26 heteroatoms. The van der Waals surface area contributed by atoms with E-state index < -0.39 is 73.9 Å². The lowest BCUT2D eigenvalue weighted by Crippen LogP contribution is -2.41. The van der Waals surface area contributed by atoms with E-state index in [9.17, 15) is 17.6 Å². The van der Waals surface area contributed by atoms with Crippen molar-refractivity contribution in [1.82, 2.24) is 39.2 Å². The Kier molecular flexibility index (Phi) is 26.4. The number of ether oxygens (including phenoxy) is 4. The first kappa shape index (κ1) is 81.5. The minimum absolute atomic E-state index is 0.127. The topological polar surface area (TPSA) is 148 Å². The zero-order valence-corrected chi connectivity index (χ0v) is 71.2. The maximum Gasteiger partial charge on any atom is 0.500 e. The van der Waals surface area contributed by atoms with Crippen LogP contribution in [0, 0.1) is 46.9 Å². The van der Waals surface area contributed by atoms with Gasteiger partial charge < -0.3 is 38.1 Å². The van der Waals surface area contributed by atoms with Crippen LogP contribution >= 0.6 is 15.9 Å². The van der Waals surface area contributed by atoms with Gasteiger partial charge in [-0.05, 0) is 172 Å². The highest BCUT2D eigenvalue weighted by molar-refractivity contribution is 9.10. The Balaban J connectivity index is 0.000000175. The lowest BCUT2D eigenvalue weighted by atomic mass is 9.78. The molecule has 1 saturated heterocycles. The Morgan fingerprint density at radius 1 is 0.481 bits per heavy atom. The molecule has 0 N–H and O–H groups in total. The molecular formula is C80H114BBrF4N10O6Si4. The summed E-state index contributed by atoms with van der Waals surface area (Å²) in [5.74, 6) is 3.41.